The Hall–Kier alpha value is -4.27. The number of cyclic esters (lactones) is 1. The first kappa shape index (κ1) is 28.3. The van der Waals surface area contributed by atoms with E-state index in [0.29, 0.717) is 40.9 Å². The lowest BCUT2D eigenvalue weighted by Gasteiger charge is -2.16. The molecule has 2 aromatic heterocycles. The van der Waals surface area contributed by atoms with Crippen molar-refractivity contribution in [1.29, 1.82) is 0 Å². The standard InChI is InChI=1S/C27H32N6O8/c1-12(4-6-14-20(35)18-15(9-40-27(18)38)13(2)23(14)39-3)5-7-17(34)29-8-16-21(36)22(37)26(41-16)33-11-32-19-24(28)30-10-31-25(19)33/h4,10-11,16,21-22,26,35-37H,5-9H2,1-3H3,(H,29,34)(H2,28,30,31)/b12-4+/t16-,21-,22-,26-/m1/s1. The summed E-state index contributed by atoms with van der Waals surface area (Å²) < 4.78 is 17.9. The lowest BCUT2D eigenvalue weighted by atomic mass is 9.94. The molecule has 0 unspecified atom stereocenters. The van der Waals surface area contributed by atoms with E-state index in [1.54, 1.807) is 0 Å². The quantitative estimate of drug-likeness (QED) is 0.180. The van der Waals surface area contributed by atoms with Gasteiger partial charge >= 0.3 is 5.97 Å². The van der Waals surface area contributed by atoms with Gasteiger partial charge in [0.1, 0.15) is 53.8 Å². The highest BCUT2D eigenvalue weighted by atomic mass is 16.6. The molecular weight excluding hydrogens is 536 g/mol. The minimum atomic E-state index is -1.28. The number of carbonyl (C=O) groups is 2. The van der Waals surface area contributed by atoms with E-state index in [2.05, 4.69) is 20.3 Å². The van der Waals surface area contributed by atoms with Crippen LogP contribution in [0.3, 0.4) is 0 Å². The zero-order chi connectivity index (χ0) is 29.4. The number of esters is 1. The molecule has 0 aliphatic carbocycles. The summed E-state index contributed by atoms with van der Waals surface area (Å²) in [5.74, 6) is -0.303. The number of ether oxygens (including phenoxy) is 3. The molecule has 0 spiro atoms. The van der Waals surface area contributed by atoms with Gasteiger partial charge in [-0.15, -0.1) is 0 Å². The van der Waals surface area contributed by atoms with E-state index in [1.165, 1.54) is 24.3 Å². The number of amides is 1. The number of methoxy groups -OCH3 is 1. The molecule has 41 heavy (non-hydrogen) atoms. The van der Waals surface area contributed by atoms with Crippen LogP contribution in [0.2, 0.25) is 0 Å². The topological polar surface area (TPSA) is 204 Å². The smallest absolute Gasteiger partial charge is 0.342 e. The lowest BCUT2D eigenvalue weighted by Crippen LogP contribution is -2.39. The number of phenolic OH excluding ortho intramolecular Hbond substituents is 1. The molecule has 6 N–H and O–H groups in total. The number of hydrogen-bond donors (Lipinski definition) is 5. The Morgan fingerprint density at radius 2 is 2.05 bits per heavy atom. The minimum absolute atomic E-state index is 0.0182. The number of aromatic nitrogens is 4. The second kappa shape index (κ2) is 11.3. The van der Waals surface area contributed by atoms with E-state index in [1.807, 2.05) is 19.9 Å². The van der Waals surface area contributed by atoms with Gasteiger partial charge in [-0.05, 0) is 32.3 Å². The van der Waals surface area contributed by atoms with E-state index in [9.17, 15) is 24.9 Å². The number of carbonyl (C=O) groups excluding carboxylic acids is 2. The number of nitrogens with one attached hydrogen (secondary N) is 1. The van der Waals surface area contributed by atoms with Crippen molar-refractivity contribution in [2.75, 3.05) is 19.4 Å². The van der Waals surface area contributed by atoms with Crippen LogP contribution in [0, 0.1) is 6.92 Å². The summed E-state index contributed by atoms with van der Waals surface area (Å²) in [6.45, 7) is 3.76. The molecule has 2 aliphatic heterocycles. The Morgan fingerprint density at radius 3 is 2.80 bits per heavy atom. The molecular formula is C27H32N6O8. The number of nitrogens with two attached hydrogens (primary N) is 1. The van der Waals surface area contributed by atoms with Gasteiger partial charge in [-0.1, -0.05) is 11.6 Å². The van der Waals surface area contributed by atoms with Gasteiger partial charge in [0.2, 0.25) is 5.91 Å². The number of anilines is 1. The van der Waals surface area contributed by atoms with Crippen LogP contribution in [0.1, 0.15) is 53.0 Å². The van der Waals surface area contributed by atoms with E-state index in [-0.39, 0.29) is 42.6 Å². The van der Waals surface area contributed by atoms with E-state index in [0.717, 1.165) is 11.1 Å². The van der Waals surface area contributed by atoms with Crippen LogP contribution >= 0.6 is 0 Å². The first-order valence-corrected chi connectivity index (χ1v) is 13.1. The summed E-state index contributed by atoms with van der Waals surface area (Å²) in [5.41, 5.74) is 9.43. The molecule has 0 radical (unpaired) electrons. The molecule has 1 aromatic carbocycles. The second-order valence-corrected chi connectivity index (χ2v) is 10.1. The third-order valence-electron chi connectivity index (χ3n) is 7.55. The fourth-order valence-corrected chi connectivity index (χ4v) is 5.20. The summed E-state index contributed by atoms with van der Waals surface area (Å²) >= 11 is 0. The predicted molar refractivity (Wildman–Crippen MR) is 144 cm³/mol. The predicted octanol–water partition coefficient (Wildman–Crippen LogP) is 0.806. The number of aliphatic hydroxyl groups excluding tert-OH is 2. The maximum atomic E-state index is 12.6. The van der Waals surface area contributed by atoms with E-state index < -0.39 is 30.5 Å². The Balaban J connectivity index is 1.16. The minimum Gasteiger partial charge on any atom is -0.507 e. The van der Waals surface area contributed by atoms with Crippen molar-refractivity contribution in [2.24, 2.45) is 0 Å². The Morgan fingerprint density at radius 1 is 1.27 bits per heavy atom. The average molecular weight is 569 g/mol. The van der Waals surface area contributed by atoms with Crippen LogP contribution in [-0.4, -0.2) is 78.7 Å². The summed E-state index contributed by atoms with van der Waals surface area (Å²) in [6, 6.07) is 0. The van der Waals surface area contributed by atoms with Gasteiger partial charge in [0.05, 0.1) is 13.4 Å². The highest BCUT2D eigenvalue weighted by molar-refractivity contribution is 5.98. The van der Waals surface area contributed by atoms with Crippen LogP contribution in [0.15, 0.2) is 24.3 Å². The van der Waals surface area contributed by atoms with E-state index in [4.69, 9.17) is 19.9 Å². The first-order valence-electron chi connectivity index (χ1n) is 13.1. The lowest BCUT2D eigenvalue weighted by molar-refractivity contribution is -0.122. The monoisotopic (exact) mass is 568 g/mol. The zero-order valence-electron chi connectivity index (χ0n) is 22.8. The SMILES string of the molecule is COc1c(C)c2c(c(O)c1C/C=C(\C)CCC(=O)NC[C@H]1O[C@@H](n3cnc4c(N)ncnc43)[C@H](O)[C@@H]1O)C(=O)OC2. The highest BCUT2D eigenvalue weighted by Gasteiger charge is 2.44. The number of phenols is 1. The van der Waals surface area contributed by atoms with Gasteiger partial charge in [0.15, 0.2) is 17.7 Å². The molecule has 4 atom stereocenters. The fraction of sp³-hybridized carbons (Fsp3) is 0.444. The summed E-state index contributed by atoms with van der Waals surface area (Å²) in [4.78, 5) is 36.8. The molecule has 4 heterocycles. The largest absolute Gasteiger partial charge is 0.507 e. The maximum Gasteiger partial charge on any atom is 0.342 e. The number of aromatic hydroxyl groups is 1. The molecule has 2 aliphatic rings. The van der Waals surface area contributed by atoms with Crippen molar-refractivity contribution < 1.29 is 39.1 Å². The van der Waals surface area contributed by atoms with E-state index >= 15 is 0 Å². The molecule has 0 bridgehead atoms. The van der Waals surface area contributed by atoms with Crippen LogP contribution in [0.5, 0.6) is 11.5 Å². The van der Waals surface area contributed by atoms with Gasteiger partial charge in [-0.25, -0.2) is 19.7 Å². The van der Waals surface area contributed by atoms with Crippen LogP contribution in [0.25, 0.3) is 11.2 Å². The van der Waals surface area contributed by atoms with Gasteiger partial charge in [-0.3, -0.25) is 9.36 Å². The Bertz CT molecular complexity index is 1540. The van der Waals surface area contributed by atoms with Gasteiger partial charge in [0.25, 0.3) is 0 Å². The van der Waals surface area contributed by atoms with Crippen molar-refractivity contribution in [3.63, 3.8) is 0 Å². The number of imidazole rings is 1. The normalized spacial score (nSPS) is 22.2. The molecule has 218 valence electrons. The van der Waals surface area contributed by atoms with Crippen molar-refractivity contribution in [3.05, 3.63) is 46.6 Å². The van der Waals surface area contributed by atoms with Crippen molar-refractivity contribution in [3.8, 4) is 11.5 Å². The molecule has 1 saturated heterocycles. The molecule has 14 heteroatoms. The average Bonchev–Trinajstić information content (AvgIpc) is 3.64. The second-order valence-electron chi connectivity index (χ2n) is 10.1. The molecule has 1 fully saturated rings. The van der Waals surface area contributed by atoms with Crippen molar-refractivity contribution >= 4 is 28.9 Å². The van der Waals surface area contributed by atoms with Crippen LogP contribution in [-0.2, 0) is 27.3 Å². The van der Waals surface area contributed by atoms with Gasteiger partial charge in [0, 0.05) is 24.1 Å². The van der Waals surface area contributed by atoms with Crippen molar-refractivity contribution in [1.82, 2.24) is 24.8 Å². The number of fused-ring (bicyclic) bond motifs is 2. The number of benzene rings is 1. The van der Waals surface area contributed by atoms with Gasteiger partial charge < -0.3 is 40.6 Å². The molecule has 5 rings (SSSR count). The number of aliphatic hydroxyl groups is 2. The Labute approximate surface area is 234 Å². The molecule has 3 aromatic rings. The molecule has 14 nitrogen and oxygen atoms in total. The number of hydrogen-bond acceptors (Lipinski definition) is 12. The highest BCUT2D eigenvalue weighted by Crippen LogP contribution is 2.42. The van der Waals surface area contributed by atoms with Crippen molar-refractivity contribution in [2.45, 2.75) is 64.3 Å². The van der Waals surface area contributed by atoms with Crippen LogP contribution < -0.4 is 15.8 Å². The molecule has 0 saturated carbocycles. The third-order valence-corrected chi connectivity index (χ3v) is 7.55. The first-order chi connectivity index (χ1) is 19.6. The summed E-state index contributed by atoms with van der Waals surface area (Å²) in [6.07, 6.45) is 1.05. The maximum absolute atomic E-state index is 12.6. The number of nitrogen functional groups attached to an aromatic ring is 1. The number of rotatable bonds is 9. The van der Waals surface area contributed by atoms with Gasteiger partial charge in [-0.2, -0.15) is 0 Å². The summed E-state index contributed by atoms with van der Waals surface area (Å²) in [5, 5.41) is 34.6. The fourth-order valence-electron chi connectivity index (χ4n) is 5.20. The summed E-state index contributed by atoms with van der Waals surface area (Å²) in [7, 11) is 1.50. The van der Waals surface area contributed by atoms with Crippen LogP contribution in [0.4, 0.5) is 5.82 Å². The third kappa shape index (κ3) is 5.16. The Kier molecular flexibility index (Phi) is 7.80. The molecule has 1 amide bonds. The number of allylic oxidation sites excluding steroid dienone is 2. The number of nitrogens with zero attached hydrogens (tertiary/aromatic N) is 4. The zero-order valence-corrected chi connectivity index (χ0v) is 22.8.